The van der Waals surface area contributed by atoms with Crippen LogP contribution in [0.4, 0.5) is 0 Å². The van der Waals surface area contributed by atoms with Crippen LogP contribution in [0.1, 0.15) is 59.6 Å². The van der Waals surface area contributed by atoms with Gasteiger partial charge in [0.05, 0.1) is 10.6 Å². The fourth-order valence-corrected chi connectivity index (χ4v) is 5.88. The lowest BCUT2D eigenvalue weighted by molar-refractivity contribution is -0.128. The SMILES string of the molecule is CCCc1sc(C(=O)NCC(NC(=O)[C@@H]2CSCC(=O)N2)C2CCC2)cc1CC. The van der Waals surface area contributed by atoms with E-state index in [1.165, 1.54) is 22.2 Å². The van der Waals surface area contributed by atoms with Gasteiger partial charge in [-0.15, -0.1) is 23.1 Å². The van der Waals surface area contributed by atoms with Crippen molar-refractivity contribution in [2.75, 3.05) is 18.1 Å². The third-order valence-corrected chi connectivity index (χ3v) is 7.95. The van der Waals surface area contributed by atoms with Crippen molar-refractivity contribution >= 4 is 40.8 Å². The fourth-order valence-electron chi connectivity index (χ4n) is 3.76. The Morgan fingerprint density at radius 1 is 1.31 bits per heavy atom. The molecule has 3 N–H and O–H groups in total. The lowest BCUT2D eigenvalue weighted by atomic mass is 9.79. The highest BCUT2D eigenvalue weighted by Gasteiger charge is 2.32. The maximum Gasteiger partial charge on any atom is 0.261 e. The Hall–Kier alpha value is -1.54. The van der Waals surface area contributed by atoms with Crippen molar-refractivity contribution in [1.82, 2.24) is 16.0 Å². The highest BCUT2D eigenvalue weighted by Crippen LogP contribution is 2.30. The van der Waals surface area contributed by atoms with Crippen LogP contribution < -0.4 is 16.0 Å². The molecule has 8 heteroatoms. The highest BCUT2D eigenvalue weighted by molar-refractivity contribution is 8.00. The van der Waals surface area contributed by atoms with Crippen molar-refractivity contribution in [3.63, 3.8) is 0 Å². The highest BCUT2D eigenvalue weighted by atomic mass is 32.2. The molecule has 2 fully saturated rings. The normalized spacial score (nSPS) is 20.5. The molecule has 1 saturated heterocycles. The summed E-state index contributed by atoms with van der Waals surface area (Å²) in [6, 6.07) is 1.43. The molecule has 1 aromatic rings. The van der Waals surface area contributed by atoms with E-state index in [0.717, 1.165) is 43.4 Å². The molecule has 1 aliphatic carbocycles. The first-order chi connectivity index (χ1) is 14.0. The first-order valence-electron chi connectivity index (χ1n) is 10.6. The summed E-state index contributed by atoms with van der Waals surface area (Å²) < 4.78 is 0. The van der Waals surface area contributed by atoms with Crippen LogP contribution >= 0.6 is 23.1 Å². The van der Waals surface area contributed by atoms with Gasteiger partial charge in [-0.1, -0.05) is 26.7 Å². The second-order valence-electron chi connectivity index (χ2n) is 7.81. The van der Waals surface area contributed by atoms with E-state index in [-0.39, 0.29) is 23.8 Å². The zero-order valence-electron chi connectivity index (χ0n) is 17.2. The second kappa shape index (κ2) is 10.5. The van der Waals surface area contributed by atoms with E-state index in [9.17, 15) is 14.4 Å². The van der Waals surface area contributed by atoms with Crippen LogP contribution in [0.25, 0.3) is 0 Å². The van der Waals surface area contributed by atoms with E-state index in [4.69, 9.17) is 0 Å². The summed E-state index contributed by atoms with van der Waals surface area (Å²) in [4.78, 5) is 39.0. The molecule has 2 aliphatic rings. The monoisotopic (exact) mass is 437 g/mol. The van der Waals surface area contributed by atoms with E-state index in [1.807, 2.05) is 6.07 Å². The molecule has 1 aliphatic heterocycles. The molecule has 2 heterocycles. The Kier molecular flexibility index (Phi) is 8.00. The lowest BCUT2D eigenvalue weighted by Gasteiger charge is -2.35. The van der Waals surface area contributed by atoms with Crippen LogP contribution in [0.3, 0.4) is 0 Å². The molecule has 1 unspecified atom stereocenters. The van der Waals surface area contributed by atoms with E-state index < -0.39 is 6.04 Å². The van der Waals surface area contributed by atoms with E-state index in [0.29, 0.717) is 24.0 Å². The minimum absolute atomic E-state index is 0.0628. The number of hydrogen-bond donors (Lipinski definition) is 3. The molecule has 160 valence electrons. The van der Waals surface area contributed by atoms with E-state index in [1.54, 1.807) is 11.3 Å². The van der Waals surface area contributed by atoms with Gasteiger partial charge in [0.2, 0.25) is 11.8 Å². The largest absolute Gasteiger partial charge is 0.350 e. The molecule has 0 aromatic carbocycles. The van der Waals surface area contributed by atoms with Crippen molar-refractivity contribution in [2.24, 2.45) is 5.92 Å². The van der Waals surface area contributed by atoms with Crippen molar-refractivity contribution in [1.29, 1.82) is 0 Å². The summed E-state index contributed by atoms with van der Waals surface area (Å²) in [5, 5.41) is 8.88. The van der Waals surface area contributed by atoms with Gasteiger partial charge in [0, 0.05) is 23.2 Å². The molecule has 1 aromatic heterocycles. The number of rotatable bonds is 9. The minimum Gasteiger partial charge on any atom is -0.350 e. The Labute approximate surface area is 181 Å². The molecular weight excluding hydrogens is 406 g/mol. The molecule has 3 amide bonds. The predicted molar refractivity (Wildman–Crippen MR) is 119 cm³/mol. The summed E-state index contributed by atoms with van der Waals surface area (Å²) in [7, 11) is 0. The summed E-state index contributed by atoms with van der Waals surface area (Å²) in [5.74, 6) is 1.08. The lowest BCUT2D eigenvalue weighted by Crippen LogP contribution is -2.57. The zero-order chi connectivity index (χ0) is 20.8. The van der Waals surface area contributed by atoms with Gasteiger partial charge in [-0.2, -0.15) is 0 Å². The van der Waals surface area contributed by atoms with Gasteiger partial charge in [-0.3, -0.25) is 14.4 Å². The topological polar surface area (TPSA) is 87.3 Å². The van der Waals surface area contributed by atoms with Crippen LogP contribution in [-0.2, 0) is 22.4 Å². The third-order valence-electron chi connectivity index (χ3n) is 5.68. The van der Waals surface area contributed by atoms with Gasteiger partial charge in [-0.05, 0) is 43.2 Å². The van der Waals surface area contributed by atoms with Crippen LogP contribution in [0.15, 0.2) is 6.07 Å². The van der Waals surface area contributed by atoms with Crippen LogP contribution in [0, 0.1) is 5.92 Å². The van der Waals surface area contributed by atoms with Gasteiger partial charge >= 0.3 is 0 Å². The number of aryl methyl sites for hydroxylation is 2. The number of nitrogens with one attached hydrogen (secondary N) is 3. The Morgan fingerprint density at radius 3 is 2.72 bits per heavy atom. The summed E-state index contributed by atoms with van der Waals surface area (Å²) in [6.07, 6.45) is 6.29. The van der Waals surface area contributed by atoms with Crippen molar-refractivity contribution in [3.8, 4) is 0 Å². The van der Waals surface area contributed by atoms with E-state index >= 15 is 0 Å². The van der Waals surface area contributed by atoms with Crippen molar-refractivity contribution < 1.29 is 14.4 Å². The average Bonchev–Trinajstić information content (AvgIpc) is 3.08. The molecule has 6 nitrogen and oxygen atoms in total. The van der Waals surface area contributed by atoms with Crippen molar-refractivity contribution in [2.45, 2.75) is 64.5 Å². The fraction of sp³-hybridized carbons (Fsp3) is 0.667. The minimum atomic E-state index is -0.486. The van der Waals surface area contributed by atoms with Crippen LogP contribution in [0.5, 0.6) is 0 Å². The Balaban J connectivity index is 1.58. The average molecular weight is 438 g/mol. The molecule has 2 atom stereocenters. The molecule has 0 bridgehead atoms. The van der Waals surface area contributed by atoms with Crippen molar-refractivity contribution in [3.05, 3.63) is 21.4 Å². The standard InChI is InChI=1S/C21H31N3O3S2/c1-3-6-17-13(4-2)9-18(29-17)21(27)22-10-15(14-7-5-8-14)24-20(26)16-11-28-12-19(25)23-16/h9,14-16H,3-8,10-12H2,1-2H3,(H,22,27)(H,23,25)(H,24,26)/t15?,16-/m0/s1. The molecular formula is C21H31N3O3S2. The van der Waals surface area contributed by atoms with Crippen LogP contribution in [0.2, 0.25) is 0 Å². The summed E-state index contributed by atoms with van der Waals surface area (Å²) in [6.45, 7) is 4.69. The van der Waals surface area contributed by atoms with Gasteiger partial charge in [0.15, 0.2) is 0 Å². The third kappa shape index (κ3) is 5.75. The molecule has 0 spiro atoms. The van der Waals surface area contributed by atoms with Gasteiger partial charge in [0.1, 0.15) is 6.04 Å². The number of amides is 3. The van der Waals surface area contributed by atoms with Gasteiger partial charge in [0.25, 0.3) is 5.91 Å². The maximum atomic E-state index is 12.7. The second-order valence-corrected chi connectivity index (χ2v) is 9.98. The quantitative estimate of drug-likeness (QED) is 0.554. The molecule has 1 saturated carbocycles. The first-order valence-corrected chi connectivity index (χ1v) is 12.6. The molecule has 29 heavy (non-hydrogen) atoms. The predicted octanol–water partition coefficient (Wildman–Crippen LogP) is 2.51. The number of carbonyl (C=O) groups is 3. The Morgan fingerprint density at radius 2 is 2.10 bits per heavy atom. The van der Waals surface area contributed by atoms with E-state index in [2.05, 4.69) is 29.8 Å². The number of carbonyl (C=O) groups excluding carboxylic acids is 3. The summed E-state index contributed by atoms with van der Waals surface area (Å²) in [5.41, 5.74) is 1.26. The number of thioether (sulfide) groups is 1. The molecule has 3 rings (SSSR count). The first kappa shape index (κ1) is 22.2. The van der Waals surface area contributed by atoms with Crippen LogP contribution in [-0.4, -0.2) is 47.9 Å². The number of hydrogen-bond acceptors (Lipinski definition) is 5. The molecule has 0 radical (unpaired) electrons. The Bertz CT molecular complexity index is 746. The van der Waals surface area contributed by atoms with Gasteiger partial charge < -0.3 is 16.0 Å². The smallest absolute Gasteiger partial charge is 0.261 e. The van der Waals surface area contributed by atoms with Gasteiger partial charge in [-0.25, -0.2) is 0 Å². The number of thiophene rings is 1. The zero-order valence-corrected chi connectivity index (χ0v) is 18.8. The summed E-state index contributed by atoms with van der Waals surface area (Å²) >= 11 is 3.06. The maximum absolute atomic E-state index is 12.7.